The van der Waals surface area contributed by atoms with E-state index in [2.05, 4.69) is 25.7 Å². The van der Waals surface area contributed by atoms with Gasteiger partial charge in [-0.3, -0.25) is 4.68 Å². The molecule has 0 fully saturated rings. The quantitative estimate of drug-likeness (QED) is 0.581. The van der Waals surface area contributed by atoms with Gasteiger partial charge in [0.15, 0.2) is 5.82 Å². The lowest BCUT2D eigenvalue weighted by molar-refractivity contribution is 0.122. The Morgan fingerprint density at radius 1 is 1.11 bits per heavy atom. The molecule has 142 valence electrons. The summed E-state index contributed by atoms with van der Waals surface area (Å²) in [5.41, 5.74) is 0.779. The molecule has 0 aliphatic carbocycles. The number of anilines is 3. The highest BCUT2D eigenvalue weighted by molar-refractivity contribution is 6.32. The number of nitrogens with one attached hydrogen (secondary N) is 2. The number of benzene rings is 1. The molecule has 0 radical (unpaired) electrons. The van der Waals surface area contributed by atoms with Gasteiger partial charge >= 0.3 is 0 Å². The first-order valence-electron chi connectivity index (χ1n) is 7.68. The third kappa shape index (κ3) is 5.30. The van der Waals surface area contributed by atoms with E-state index in [1.807, 2.05) is 0 Å². The Morgan fingerprint density at radius 3 is 2.56 bits per heavy atom. The van der Waals surface area contributed by atoms with E-state index in [1.165, 1.54) is 30.7 Å². The Morgan fingerprint density at radius 2 is 1.85 bits per heavy atom. The van der Waals surface area contributed by atoms with Crippen molar-refractivity contribution in [2.45, 2.75) is 19.5 Å². The Labute approximate surface area is 156 Å². The van der Waals surface area contributed by atoms with Crippen LogP contribution in [0.5, 0.6) is 0 Å². The molecule has 27 heavy (non-hydrogen) atoms. The first-order valence-corrected chi connectivity index (χ1v) is 8.06. The maximum atomic E-state index is 13.2. The van der Waals surface area contributed by atoms with Crippen molar-refractivity contribution in [3.05, 3.63) is 59.0 Å². The number of rotatable bonds is 7. The molecule has 2 aromatic heterocycles. The third-order valence-corrected chi connectivity index (χ3v) is 3.62. The molecule has 0 bridgehead atoms. The minimum atomic E-state index is -2.52. The van der Waals surface area contributed by atoms with Crippen molar-refractivity contribution >= 4 is 29.1 Å². The van der Waals surface area contributed by atoms with Crippen LogP contribution in [-0.4, -0.2) is 26.2 Å². The highest BCUT2D eigenvalue weighted by Gasteiger charge is 2.09. The Bertz CT molecular complexity index is 913. The highest BCUT2D eigenvalue weighted by atomic mass is 35.5. The van der Waals surface area contributed by atoms with E-state index in [-0.39, 0.29) is 23.3 Å². The average Bonchev–Trinajstić information content (AvgIpc) is 3.00. The molecule has 0 unspecified atom stereocenters. The van der Waals surface area contributed by atoms with E-state index >= 15 is 0 Å². The Kier molecular flexibility index (Phi) is 5.75. The van der Waals surface area contributed by atoms with Gasteiger partial charge < -0.3 is 10.6 Å². The fourth-order valence-corrected chi connectivity index (χ4v) is 2.41. The zero-order valence-corrected chi connectivity index (χ0v) is 14.4. The van der Waals surface area contributed by atoms with E-state index in [0.717, 1.165) is 10.7 Å². The van der Waals surface area contributed by atoms with Crippen LogP contribution in [0.4, 0.5) is 35.0 Å². The van der Waals surface area contributed by atoms with Crippen LogP contribution in [-0.2, 0) is 13.1 Å². The van der Waals surface area contributed by atoms with Crippen molar-refractivity contribution in [2.24, 2.45) is 0 Å². The molecule has 2 heterocycles. The number of alkyl halides is 2. The minimum Gasteiger partial charge on any atom is -0.365 e. The number of aromatic nitrogens is 4. The van der Waals surface area contributed by atoms with Crippen LogP contribution in [0, 0.1) is 11.6 Å². The van der Waals surface area contributed by atoms with E-state index in [1.54, 1.807) is 0 Å². The second-order valence-electron chi connectivity index (χ2n) is 5.49. The summed E-state index contributed by atoms with van der Waals surface area (Å²) in [6.45, 7) is -0.447. The summed E-state index contributed by atoms with van der Waals surface area (Å²) < 4.78 is 52.3. The average molecular weight is 401 g/mol. The van der Waals surface area contributed by atoms with Crippen molar-refractivity contribution in [3.63, 3.8) is 0 Å². The number of halogens is 5. The molecule has 11 heteroatoms. The van der Waals surface area contributed by atoms with Gasteiger partial charge in [0.1, 0.15) is 23.2 Å². The zero-order valence-electron chi connectivity index (χ0n) is 13.6. The van der Waals surface area contributed by atoms with Gasteiger partial charge in [0.25, 0.3) is 6.43 Å². The third-order valence-electron chi connectivity index (χ3n) is 3.34. The molecule has 0 aliphatic rings. The van der Waals surface area contributed by atoms with Gasteiger partial charge in [-0.05, 0) is 17.7 Å². The SMILES string of the molecule is Fc1cc(F)cc(CNc2nc(Nc3cnn(CC(F)F)c3)ncc2Cl)c1. The molecule has 0 saturated carbocycles. The summed E-state index contributed by atoms with van der Waals surface area (Å²) in [7, 11) is 0. The first-order chi connectivity index (χ1) is 12.9. The Hall–Kier alpha value is -2.88. The fraction of sp³-hybridized carbons (Fsp3) is 0.188. The Balaban J connectivity index is 1.69. The zero-order chi connectivity index (χ0) is 19.4. The molecule has 3 rings (SSSR count). The van der Waals surface area contributed by atoms with Gasteiger partial charge in [0.2, 0.25) is 5.95 Å². The summed E-state index contributed by atoms with van der Waals surface area (Å²) >= 11 is 6.03. The fourth-order valence-electron chi connectivity index (χ4n) is 2.25. The van der Waals surface area contributed by atoms with Crippen LogP contribution in [0.15, 0.2) is 36.8 Å². The maximum Gasteiger partial charge on any atom is 0.257 e. The molecule has 0 saturated heterocycles. The summed E-state index contributed by atoms with van der Waals surface area (Å²) in [5.74, 6) is -1.00. The van der Waals surface area contributed by atoms with Gasteiger partial charge in [-0.15, -0.1) is 0 Å². The largest absolute Gasteiger partial charge is 0.365 e. The van der Waals surface area contributed by atoms with E-state index in [4.69, 9.17) is 11.6 Å². The predicted molar refractivity (Wildman–Crippen MR) is 92.2 cm³/mol. The molecule has 0 atom stereocenters. The summed E-state index contributed by atoms with van der Waals surface area (Å²) in [6, 6.07) is 3.14. The van der Waals surface area contributed by atoms with E-state index in [9.17, 15) is 17.6 Å². The molecule has 0 spiro atoms. The smallest absolute Gasteiger partial charge is 0.257 e. The van der Waals surface area contributed by atoms with Crippen molar-refractivity contribution in [2.75, 3.05) is 10.6 Å². The summed E-state index contributed by atoms with van der Waals surface area (Å²) in [6.07, 6.45) is 1.54. The van der Waals surface area contributed by atoms with Gasteiger partial charge in [-0.1, -0.05) is 11.6 Å². The van der Waals surface area contributed by atoms with Crippen LogP contribution < -0.4 is 10.6 Å². The lowest BCUT2D eigenvalue weighted by atomic mass is 10.2. The number of nitrogens with zero attached hydrogens (tertiary/aromatic N) is 4. The van der Waals surface area contributed by atoms with Crippen molar-refractivity contribution < 1.29 is 17.6 Å². The molecule has 6 nitrogen and oxygen atoms in total. The molecular formula is C16H13ClF4N6. The van der Waals surface area contributed by atoms with Crippen molar-refractivity contribution in [3.8, 4) is 0 Å². The summed E-state index contributed by atoms with van der Waals surface area (Å²) in [4.78, 5) is 8.15. The van der Waals surface area contributed by atoms with Gasteiger partial charge in [0.05, 0.1) is 18.1 Å². The second kappa shape index (κ2) is 8.21. The molecule has 1 aromatic carbocycles. The standard InChI is InChI=1S/C16H13ClF4N6/c17-13-6-23-16(25-12-5-24-27(7-12)8-14(20)21)26-15(13)22-4-9-1-10(18)3-11(19)2-9/h1-3,5-7,14H,4,8H2,(H2,22,23,25,26). The van der Waals surface area contributed by atoms with Crippen LogP contribution in [0.25, 0.3) is 0 Å². The van der Waals surface area contributed by atoms with E-state index in [0.29, 0.717) is 11.3 Å². The van der Waals surface area contributed by atoms with Crippen molar-refractivity contribution in [1.82, 2.24) is 19.7 Å². The van der Waals surface area contributed by atoms with Crippen molar-refractivity contribution in [1.29, 1.82) is 0 Å². The topological polar surface area (TPSA) is 67.7 Å². The second-order valence-corrected chi connectivity index (χ2v) is 5.90. The monoisotopic (exact) mass is 400 g/mol. The lowest BCUT2D eigenvalue weighted by Gasteiger charge is -2.09. The molecule has 0 aliphatic heterocycles. The van der Waals surface area contributed by atoms with Gasteiger partial charge in [-0.25, -0.2) is 22.5 Å². The first kappa shape index (κ1) is 18.9. The number of hydrogen-bond acceptors (Lipinski definition) is 5. The molecular weight excluding hydrogens is 388 g/mol. The van der Waals surface area contributed by atoms with E-state index < -0.39 is 24.6 Å². The van der Waals surface area contributed by atoms with Crippen LogP contribution in [0.1, 0.15) is 5.56 Å². The highest BCUT2D eigenvalue weighted by Crippen LogP contribution is 2.22. The van der Waals surface area contributed by atoms with Crippen LogP contribution in [0.3, 0.4) is 0 Å². The molecule has 2 N–H and O–H groups in total. The minimum absolute atomic E-state index is 0.0805. The number of hydrogen-bond donors (Lipinski definition) is 2. The molecule has 3 aromatic rings. The summed E-state index contributed by atoms with van der Waals surface area (Å²) in [5, 5.41) is 9.67. The van der Waals surface area contributed by atoms with Crippen LogP contribution >= 0.6 is 11.6 Å². The lowest BCUT2D eigenvalue weighted by Crippen LogP contribution is -2.06. The van der Waals surface area contributed by atoms with Crippen LogP contribution in [0.2, 0.25) is 5.02 Å². The maximum absolute atomic E-state index is 13.2. The predicted octanol–water partition coefficient (Wildman–Crippen LogP) is 4.23. The van der Waals surface area contributed by atoms with Gasteiger partial charge in [-0.2, -0.15) is 10.1 Å². The normalized spacial score (nSPS) is 11.0. The molecule has 0 amide bonds. The van der Waals surface area contributed by atoms with Gasteiger partial charge in [0, 0.05) is 18.8 Å².